The first-order valence-electron chi connectivity index (χ1n) is 11.0. The fourth-order valence-corrected chi connectivity index (χ4v) is 5.21. The van der Waals surface area contributed by atoms with Crippen LogP contribution in [0.5, 0.6) is 0 Å². The fraction of sp³-hybridized carbons (Fsp3) is 0.0690. The van der Waals surface area contributed by atoms with Gasteiger partial charge in [-0.1, -0.05) is 66.7 Å². The molecule has 2 heterocycles. The number of para-hydroxylation sites is 1. The molecule has 0 fully saturated rings. The minimum atomic E-state index is -0.799. The Balaban J connectivity index is 1.71. The van der Waals surface area contributed by atoms with Crippen molar-refractivity contribution in [2.45, 2.75) is 12.0 Å². The van der Waals surface area contributed by atoms with Gasteiger partial charge >= 0.3 is 0 Å². The highest BCUT2D eigenvalue weighted by Crippen LogP contribution is 2.50. The van der Waals surface area contributed by atoms with Crippen LogP contribution < -0.4 is 4.90 Å². The lowest BCUT2D eigenvalue weighted by molar-refractivity contribution is 0.0982. The number of aromatic amines is 1. The van der Waals surface area contributed by atoms with Gasteiger partial charge in [-0.25, -0.2) is 4.39 Å². The minimum absolute atomic E-state index is 0.0848. The lowest BCUT2D eigenvalue weighted by atomic mass is 9.77. The van der Waals surface area contributed by atoms with E-state index in [9.17, 15) is 9.18 Å². The van der Waals surface area contributed by atoms with Crippen LogP contribution in [0.4, 0.5) is 10.1 Å². The summed E-state index contributed by atoms with van der Waals surface area (Å²) in [5.74, 6) is -0.415. The Labute approximate surface area is 191 Å². The molecule has 0 bridgehead atoms. The summed E-state index contributed by atoms with van der Waals surface area (Å²) in [5, 5.41) is 1.06. The zero-order chi connectivity index (χ0) is 22.4. The van der Waals surface area contributed by atoms with E-state index in [2.05, 4.69) is 23.2 Å². The summed E-state index contributed by atoms with van der Waals surface area (Å²) in [5.41, 5.74) is 4.63. The van der Waals surface area contributed by atoms with Crippen LogP contribution in [0.1, 0.15) is 27.0 Å². The monoisotopic (exact) mass is 432 g/mol. The van der Waals surface area contributed by atoms with Crippen LogP contribution in [-0.2, 0) is 12.0 Å². The van der Waals surface area contributed by atoms with Gasteiger partial charge in [-0.05, 0) is 47.5 Å². The van der Waals surface area contributed by atoms with E-state index < -0.39 is 5.54 Å². The smallest absolute Gasteiger partial charge is 0.259 e. The first kappa shape index (κ1) is 19.5. The molecule has 1 aromatic heterocycles. The molecule has 33 heavy (non-hydrogen) atoms. The summed E-state index contributed by atoms with van der Waals surface area (Å²) in [6.07, 6.45) is 2.59. The molecule has 0 aliphatic carbocycles. The van der Waals surface area contributed by atoms with E-state index in [0.29, 0.717) is 17.7 Å². The molecule has 4 aromatic carbocycles. The maximum Gasteiger partial charge on any atom is 0.259 e. The summed E-state index contributed by atoms with van der Waals surface area (Å²) in [6, 6.07) is 32.3. The molecule has 4 heteroatoms. The summed E-state index contributed by atoms with van der Waals surface area (Å²) < 4.78 is 13.8. The average molecular weight is 432 g/mol. The third-order valence-corrected chi connectivity index (χ3v) is 6.61. The van der Waals surface area contributed by atoms with E-state index in [1.165, 1.54) is 12.1 Å². The Morgan fingerprint density at radius 3 is 2.27 bits per heavy atom. The zero-order valence-corrected chi connectivity index (χ0v) is 17.8. The van der Waals surface area contributed by atoms with Crippen molar-refractivity contribution in [2.75, 3.05) is 4.90 Å². The molecule has 1 N–H and O–H groups in total. The van der Waals surface area contributed by atoms with Gasteiger partial charge in [0, 0.05) is 40.3 Å². The molecule has 0 saturated heterocycles. The number of amides is 1. The molecule has 1 amide bonds. The number of benzene rings is 4. The lowest BCUT2D eigenvalue weighted by Gasteiger charge is -2.40. The van der Waals surface area contributed by atoms with Gasteiger partial charge in [-0.2, -0.15) is 0 Å². The summed E-state index contributed by atoms with van der Waals surface area (Å²) in [6.45, 7) is 0. The summed E-state index contributed by atoms with van der Waals surface area (Å²) in [7, 11) is 0. The number of nitrogens with zero attached hydrogens (tertiary/aromatic N) is 1. The maximum atomic E-state index is 13.9. The highest BCUT2D eigenvalue weighted by Gasteiger charge is 2.52. The Bertz CT molecular complexity index is 1470. The van der Waals surface area contributed by atoms with Gasteiger partial charge in [0.2, 0.25) is 0 Å². The van der Waals surface area contributed by atoms with Crippen molar-refractivity contribution in [3.63, 3.8) is 0 Å². The largest absolute Gasteiger partial charge is 0.361 e. The minimum Gasteiger partial charge on any atom is -0.361 e. The molecule has 3 nitrogen and oxygen atoms in total. The average Bonchev–Trinajstić information content (AvgIpc) is 3.39. The number of fused-ring (bicyclic) bond motifs is 2. The van der Waals surface area contributed by atoms with Crippen molar-refractivity contribution >= 4 is 22.5 Å². The van der Waals surface area contributed by atoms with Gasteiger partial charge in [0.05, 0.1) is 0 Å². The number of rotatable bonds is 4. The van der Waals surface area contributed by atoms with Gasteiger partial charge in [-0.15, -0.1) is 0 Å². The molecular weight excluding hydrogens is 411 g/mol. The number of anilines is 1. The van der Waals surface area contributed by atoms with Crippen molar-refractivity contribution in [1.82, 2.24) is 4.98 Å². The predicted octanol–water partition coefficient (Wildman–Crippen LogP) is 6.45. The zero-order valence-electron chi connectivity index (χ0n) is 17.8. The van der Waals surface area contributed by atoms with Crippen molar-refractivity contribution < 1.29 is 9.18 Å². The summed E-state index contributed by atoms with van der Waals surface area (Å²) >= 11 is 0. The third kappa shape index (κ3) is 2.91. The quantitative estimate of drug-likeness (QED) is 0.348. The van der Waals surface area contributed by atoms with Crippen LogP contribution in [-0.4, -0.2) is 10.9 Å². The number of carbonyl (C=O) groups excluding carboxylic acids is 1. The van der Waals surface area contributed by atoms with E-state index >= 15 is 0 Å². The van der Waals surface area contributed by atoms with Crippen LogP contribution in [0.2, 0.25) is 0 Å². The van der Waals surface area contributed by atoms with Gasteiger partial charge in [0.15, 0.2) is 0 Å². The van der Waals surface area contributed by atoms with E-state index in [4.69, 9.17) is 0 Å². The standard InChI is InChI=1S/C29H21FN2O/c30-21-14-16-22(17-15-21)32-28(33)24-11-4-6-12-25(24)29(32,18-20-8-2-1-3-9-20)26-19-31-27-13-7-5-10-23(26)27/h1-17,19,31H,18H2. The van der Waals surface area contributed by atoms with Gasteiger partial charge in [-0.3, -0.25) is 9.69 Å². The van der Waals surface area contributed by atoms with E-state index in [-0.39, 0.29) is 11.7 Å². The molecule has 160 valence electrons. The number of halogens is 1. The van der Waals surface area contributed by atoms with Crippen molar-refractivity contribution in [1.29, 1.82) is 0 Å². The molecule has 1 aliphatic heterocycles. The van der Waals surface area contributed by atoms with Gasteiger partial charge in [0.1, 0.15) is 11.4 Å². The Kier molecular flexibility index (Phi) is 4.40. The van der Waals surface area contributed by atoms with Gasteiger partial charge < -0.3 is 4.98 Å². The maximum absolute atomic E-state index is 13.9. The van der Waals surface area contributed by atoms with Crippen LogP contribution in [0.25, 0.3) is 10.9 Å². The molecular formula is C29H21FN2O. The van der Waals surface area contributed by atoms with Crippen LogP contribution in [0.3, 0.4) is 0 Å². The predicted molar refractivity (Wildman–Crippen MR) is 129 cm³/mol. The molecule has 0 spiro atoms. The van der Waals surface area contributed by atoms with Gasteiger partial charge in [0.25, 0.3) is 5.91 Å². The van der Waals surface area contributed by atoms with Crippen molar-refractivity contribution in [2.24, 2.45) is 0 Å². The fourth-order valence-electron chi connectivity index (χ4n) is 5.21. The highest BCUT2D eigenvalue weighted by molar-refractivity contribution is 6.13. The number of aromatic nitrogens is 1. The molecule has 1 unspecified atom stereocenters. The number of hydrogen-bond acceptors (Lipinski definition) is 1. The highest BCUT2D eigenvalue weighted by atomic mass is 19.1. The summed E-state index contributed by atoms with van der Waals surface area (Å²) in [4.78, 5) is 19.2. The van der Waals surface area contributed by atoms with Crippen LogP contribution >= 0.6 is 0 Å². The second-order valence-electron chi connectivity index (χ2n) is 8.43. The third-order valence-electron chi connectivity index (χ3n) is 6.61. The number of carbonyl (C=O) groups is 1. The van der Waals surface area contributed by atoms with E-state index in [1.54, 1.807) is 12.1 Å². The molecule has 0 radical (unpaired) electrons. The Morgan fingerprint density at radius 1 is 0.758 bits per heavy atom. The topological polar surface area (TPSA) is 36.1 Å². The number of nitrogens with one attached hydrogen (secondary N) is 1. The number of hydrogen-bond donors (Lipinski definition) is 1. The first-order chi connectivity index (χ1) is 16.2. The second-order valence-corrected chi connectivity index (χ2v) is 8.43. The second kappa shape index (κ2) is 7.45. The van der Waals surface area contributed by atoms with Crippen LogP contribution in [0, 0.1) is 5.82 Å². The van der Waals surface area contributed by atoms with Crippen LogP contribution in [0.15, 0.2) is 109 Å². The molecule has 6 rings (SSSR count). The molecule has 1 atom stereocenters. The normalized spacial score (nSPS) is 17.5. The van der Waals surface area contributed by atoms with E-state index in [1.807, 2.05) is 71.8 Å². The van der Waals surface area contributed by atoms with E-state index in [0.717, 1.165) is 27.6 Å². The molecule has 0 saturated carbocycles. The Hall–Kier alpha value is -4.18. The molecule has 5 aromatic rings. The van der Waals surface area contributed by atoms with Crippen molar-refractivity contribution in [3.05, 3.63) is 137 Å². The lowest BCUT2D eigenvalue weighted by Crippen LogP contribution is -2.46. The number of H-pyrrole nitrogens is 1. The van der Waals surface area contributed by atoms with Crippen molar-refractivity contribution in [3.8, 4) is 0 Å². The first-order valence-corrected chi connectivity index (χ1v) is 11.0. The Morgan fingerprint density at radius 2 is 1.45 bits per heavy atom. The molecule has 1 aliphatic rings. The SMILES string of the molecule is O=C1c2ccccc2C(Cc2ccccc2)(c2c[nH]c3ccccc23)N1c1ccc(F)cc1.